The van der Waals surface area contributed by atoms with Gasteiger partial charge in [0.1, 0.15) is 0 Å². The van der Waals surface area contributed by atoms with Crippen LogP contribution in [-0.2, 0) is 9.53 Å². The van der Waals surface area contributed by atoms with Crippen molar-refractivity contribution in [2.24, 2.45) is 11.7 Å². The van der Waals surface area contributed by atoms with E-state index in [1.54, 1.807) is 0 Å². The first-order chi connectivity index (χ1) is 8.73. The van der Waals surface area contributed by atoms with E-state index in [0.29, 0.717) is 25.7 Å². The van der Waals surface area contributed by atoms with E-state index in [1.165, 1.54) is 0 Å². The van der Waals surface area contributed by atoms with E-state index >= 15 is 0 Å². The number of aliphatic hydroxyl groups excluding tert-OH is 1. The SMILES string of the molecule is CC(C)CCCOCC(O)CNC(C)(C)CC(N)=O. The highest BCUT2D eigenvalue weighted by molar-refractivity contribution is 5.74. The summed E-state index contributed by atoms with van der Waals surface area (Å²) in [5.74, 6) is 0.335. The van der Waals surface area contributed by atoms with Crippen LogP contribution in [-0.4, -0.2) is 42.4 Å². The van der Waals surface area contributed by atoms with Crippen LogP contribution >= 0.6 is 0 Å². The van der Waals surface area contributed by atoms with Gasteiger partial charge in [0.2, 0.25) is 5.91 Å². The average molecular weight is 274 g/mol. The monoisotopic (exact) mass is 274 g/mol. The molecule has 0 aromatic heterocycles. The van der Waals surface area contributed by atoms with E-state index in [9.17, 15) is 9.90 Å². The summed E-state index contributed by atoms with van der Waals surface area (Å²) >= 11 is 0. The molecule has 0 bridgehead atoms. The van der Waals surface area contributed by atoms with Crippen LogP contribution in [0.2, 0.25) is 0 Å². The van der Waals surface area contributed by atoms with Crippen LogP contribution in [0.5, 0.6) is 0 Å². The zero-order valence-electron chi connectivity index (χ0n) is 12.7. The second-order valence-corrected chi connectivity index (χ2v) is 6.17. The third-order valence-corrected chi connectivity index (χ3v) is 2.81. The van der Waals surface area contributed by atoms with Gasteiger partial charge in [-0.15, -0.1) is 0 Å². The number of aliphatic hydroxyl groups is 1. The molecule has 1 atom stereocenters. The number of primary amides is 1. The number of ether oxygens (including phenoxy) is 1. The molecule has 0 saturated carbocycles. The summed E-state index contributed by atoms with van der Waals surface area (Å²) < 4.78 is 5.41. The number of carbonyl (C=O) groups is 1. The van der Waals surface area contributed by atoms with Gasteiger partial charge in [-0.05, 0) is 32.6 Å². The fourth-order valence-electron chi connectivity index (χ4n) is 1.76. The van der Waals surface area contributed by atoms with Gasteiger partial charge in [0.05, 0.1) is 12.7 Å². The van der Waals surface area contributed by atoms with Gasteiger partial charge in [-0.25, -0.2) is 0 Å². The van der Waals surface area contributed by atoms with Gasteiger partial charge in [-0.2, -0.15) is 0 Å². The van der Waals surface area contributed by atoms with E-state index in [0.717, 1.165) is 12.8 Å². The smallest absolute Gasteiger partial charge is 0.219 e. The molecule has 0 fully saturated rings. The maximum atomic E-state index is 10.9. The molecule has 0 heterocycles. The van der Waals surface area contributed by atoms with E-state index in [2.05, 4.69) is 19.2 Å². The molecule has 114 valence electrons. The molecule has 5 nitrogen and oxygen atoms in total. The van der Waals surface area contributed by atoms with Gasteiger partial charge < -0.3 is 20.9 Å². The first kappa shape index (κ1) is 18.4. The predicted molar refractivity (Wildman–Crippen MR) is 76.8 cm³/mol. The van der Waals surface area contributed by atoms with Crippen LogP contribution in [0.3, 0.4) is 0 Å². The lowest BCUT2D eigenvalue weighted by molar-refractivity contribution is -0.119. The molecule has 1 unspecified atom stereocenters. The molecule has 0 aromatic rings. The second-order valence-electron chi connectivity index (χ2n) is 6.17. The van der Waals surface area contributed by atoms with Crippen molar-refractivity contribution in [3.8, 4) is 0 Å². The van der Waals surface area contributed by atoms with Crippen molar-refractivity contribution >= 4 is 5.91 Å². The molecule has 0 aliphatic heterocycles. The Hall–Kier alpha value is -0.650. The minimum atomic E-state index is -0.564. The molecule has 0 aliphatic rings. The summed E-state index contributed by atoms with van der Waals surface area (Å²) in [6, 6.07) is 0. The number of carbonyl (C=O) groups excluding carboxylic acids is 1. The maximum absolute atomic E-state index is 10.9. The van der Waals surface area contributed by atoms with Gasteiger partial charge in [0, 0.05) is 25.1 Å². The number of hydrogen-bond acceptors (Lipinski definition) is 4. The Morgan fingerprint density at radius 1 is 1.42 bits per heavy atom. The number of nitrogens with two attached hydrogens (primary N) is 1. The Labute approximate surface area is 116 Å². The minimum Gasteiger partial charge on any atom is -0.389 e. The zero-order valence-corrected chi connectivity index (χ0v) is 12.7. The summed E-state index contributed by atoms with van der Waals surface area (Å²) in [5, 5.41) is 12.9. The van der Waals surface area contributed by atoms with Crippen LogP contribution in [0.25, 0.3) is 0 Å². The third kappa shape index (κ3) is 12.1. The minimum absolute atomic E-state index is 0.245. The van der Waals surface area contributed by atoms with E-state index in [1.807, 2.05) is 13.8 Å². The Morgan fingerprint density at radius 2 is 2.05 bits per heavy atom. The fraction of sp³-hybridized carbons (Fsp3) is 0.929. The summed E-state index contributed by atoms with van der Waals surface area (Å²) in [4.78, 5) is 10.9. The molecular weight excluding hydrogens is 244 g/mol. The molecular formula is C14H30N2O3. The molecule has 0 spiro atoms. The number of rotatable bonds is 11. The molecule has 0 rings (SSSR count). The number of amides is 1. The Morgan fingerprint density at radius 3 is 2.58 bits per heavy atom. The van der Waals surface area contributed by atoms with Crippen molar-refractivity contribution in [3.63, 3.8) is 0 Å². The molecule has 0 aliphatic carbocycles. The highest BCUT2D eigenvalue weighted by Crippen LogP contribution is 2.07. The van der Waals surface area contributed by atoms with E-state index < -0.39 is 11.6 Å². The van der Waals surface area contributed by atoms with E-state index in [-0.39, 0.29) is 12.3 Å². The Kier molecular flexibility index (Phi) is 8.97. The molecule has 4 N–H and O–H groups in total. The highest BCUT2D eigenvalue weighted by Gasteiger charge is 2.20. The van der Waals surface area contributed by atoms with Crippen LogP contribution < -0.4 is 11.1 Å². The van der Waals surface area contributed by atoms with Crippen LogP contribution in [0, 0.1) is 5.92 Å². The molecule has 0 radical (unpaired) electrons. The number of hydrogen-bond donors (Lipinski definition) is 3. The first-order valence-electron chi connectivity index (χ1n) is 7.02. The van der Waals surface area contributed by atoms with Crippen molar-refractivity contribution in [2.75, 3.05) is 19.8 Å². The number of nitrogens with one attached hydrogen (secondary N) is 1. The molecule has 0 saturated heterocycles. The van der Waals surface area contributed by atoms with Crippen LogP contribution in [0.15, 0.2) is 0 Å². The van der Waals surface area contributed by atoms with Gasteiger partial charge in [-0.1, -0.05) is 13.8 Å². The average Bonchev–Trinajstić information content (AvgIpc) is 2.24. The van der Waals surface area contributed by atoms with E-state index in [4.69, 9.17) is 10.5 Å². The van der Waals surface area contributed by atoms with Crippen LogP contribution in [0.4, 0.5) is 0 Å². The van der Waals surface area contributed by atoms with Gasteiger partial charge >= 0.3 is 0 Å². The largest absolute Gasteiger partial charge is 0.389 e. The predicted octanol–water partition coefficient (Wildman–Crippen LogP) is 1.04. The van der Waals surface area contributed by atoms with Gasteiger partial charge in [-0.3, -0.25) is 4.79 Å². The molecule has 5 heteroatoms. The molecule has 1 amide bonds. The lowest BCUT2D eigenvalue weighted by Gasteiger charge is -2.26. The van der Waals surface area contributed by atoms with Crippen molar-refractivity contribution in [3.05, 3.63) is 0 Å². The van der Waals surface area contributed by atoms with Crippen molar-refractivity contribution in [1.29, 1.82) is 0 Å². The second kappa shape index (κ2) is 9.28. The highest BCUT2D eigenvalue weighted by atomic mass is 16.5. The fourth-order valence-corrected chi connectivity index (χ4v) is 1.76. The summed E-state index contributed by atoms with van der Waals surface area (Å²) in [6.07, 6.45) is 1.84. The topological polar surface area (TPSA) is 84.6 Å². The lowest BCUT2D eigenvalue weighted by atomic mass is 10.0. The Balaban J connectivity index is 3.63. The molecule has 19 heavy (non-hydrogen) atoms. The third-order valence-electron chi connectivity index (χ3n) is 2.81. The summed E-state index contributed by atoms with van der Waals surface area (Å²) in [5.41, 5.74) is 4.76. The van der Waals surface area contributed by atoms with Crippen molar-refractivity contribution in [1.82, 2.24) is 5.32 Å². The van der Waals surface area contributed by atoms with Crippen molar-refractivity contribution < 1.29 is 14.6 Å². The lowest BCUT2D eigenvalue weighted by Crippen LogP contribution is -2.46. The standard InChI is InChI=1S/C14H30N2O3/c1-11(2)6-5-7-19-10-12(17)9-16-14(3,4)8-13(15)18/h11-12,16-17H,5-10H2,1-4H3,(H2,15,18). The van der Waals surface area contributed by atoms with Gasteiger partial charge in [0.15, 0.2) is 0 Å². The zero-order chi connectivity index (χ0) is 14.9. The molecule has 0 aromatic carbocycles. The first-order valence-corrected chi connectivity index (χ1v) is 7.02. The Bertz CT molecular complexity index is 255. The summed E-state index contributed by atoms with van der Waals surface area (Å²) in [6.45, 7) is 9.52. The number of β-amino-alcohol motifs (C(OH)–C–C–N with tert-alkyl or cyclic N) is 1. The summed E-state index contributed by atoms with van der Waals surface area (Å²) in [7, 11) is 0. The van der Waals surface area contributed by atoms with Crippen LogP contribution in [0.1, 0.15) is 47.0 Å². The quantitative estimate of drug-likeness (QED) is 0.492. The normalized spacial score (nSPS) is 13.8. The van der Waals surface area contributed by atoms with Crippen molar-refractivity contribution in [2.45, 2.75) is 58.6 Å². The van der Waals surface area contributed by atoms with Gasteiger partial charge in [0.25, 0.3) is 0 Å². The maximum Gasteiger partial charge on any atom is 0.219 e.